The van der Waals surface area contributed by atoms with Gasteiger partial charge in [-0.05, 0) is 61.7 Å². The lowest BCUT2D eigenvalue weighted by molar-refractivity contribution is -0.117. The summed E-state index contributed by atoms with van der Waals surface area (Å²) in [5.74, 6) is 2.53. The van der Waals surface area contributed by atoms with Crippen molar-refractivity contribution in [2.75, 3.05) is 24.7 Å². The molecular weight excluding hydrogens is 382 g/mol. The second-order valence-electron chi connectivity index (χ2n) is 7.10. The first-order valence-corrected chi connectivity index (χ1v) is 10.2. The highest BCUT2D eigenvalue weighted by atomic mass is 16.5. The molecule has 0 aliphatic carbocycles. The lowest BCUT2D eigenvalue weighted by Crippen LogP contribution is -2.30. The molecule has 3 aromatic rings. The van der Waals surface area contributed by atoms with Crippen LogP contribution in [-0.2, 0) is 17.6 Å². The summed E-state index contributed by atoms with van der Waals surface area (Å²) >= 11 is 0. The minimum absolute atomic E-state index is 0.0588. The average molecular weight is 407 g/mol. The number of ether oxygens (including phenoxy) is 2. The smallest absolute Gasteiger partial charge is 0.231 e. The van der Waals surface area contributed by atoms with Crippen molar-refractivity contribution in [2.24, 2.45) is 0 Å². The minimum Gasteiger partial charge on any atom is -0.490 e. The van der Waals surface area contributed by atoms with Gasteiger partial charge in [0, 0.05) is 24.7 Å². The van der Waals surface area contributed by atoms with E-state index in [2.05, 4.69) is 10.1 Å². The molecule has 0 bridgehead atoms. The molecule has 2 heterocycles. The number of hydrogen-bond donors (Lipinski definition) is 0. The Labute approximate surface area is 175 Å². The summed E-state index contributed by atoms with van der Waals surface area (Å²) in [6.07, 6.45) is 1.11. The second kappa shape index (κ2) is 8.57. The quantitative estimate of drug-likeness (QED) is 0.590. The van der Waals surface area contributed by atoms with E-state index in [9.17, 15) is 4.79 Å². The lowest BCUT2D eigenvalue weighted by atomic mass is 10.1. The summed E-state index contributed by atoms with van der Waals surface area (Å²) in [7, 11) is 0. The molecule has 0 atom stereocenters. The number of benzene rings is 2. The number of aromatic nitrogens is 2. The van der Waals surface area contributed by atoms with E-state index in [4.69, 9.17) is 14.0 Å². The van der Waals surface area contributed by atoms with Gasteiger partial charge in [-0.3, -0.25) is 4.79 Å². The van der Waals surface area contributed by atoms with Gasteiger partial charge >= 0.3 is 0 Å². The standard InChI is InChI=1S/C23H25N3O4/c1-4-28-20-9-6-16(12-21(20)29-5-2)13-22(27)26-11-10-17-14-18(7-8-19(17)26)23-24-15(3)30-25-23/h6-9,12,14H,4-5,10-11,13H2,1-3H3. The van der Waals surface area contributed by atoms with E-state index in [1.54, 1.807) is 6.92 Å². The molecule has 30 heavy (non-hydrogen) atoms. The van der Waals surface area contributed by atoms with E-state index in [-0.39, 0.29) is 5.91 Å². The van der Waals surface area contributed by atoms with Crippen LogP contribution in [0.5, 0.6) is 11.5 Å². The van der Waals surface area contributed by atoms with Crippen LogP contribution in [0.3, 0.4) is 0 Å². The second-order valence-corrected chi connectivity index (χ2v) is 7.10. The van der Waals surface area contributed by atoms with Crippen molar-refractivity contribution in [1.29, 1.82) is 0 Å². The van der Waals surface area contributed by atoms with Crippen LogP contribution in [0.15, 0.2) is 40.9 Å². The molecule has 4 rings (SSSR count). The maximum absolute atomic E-state index is 13.0. The van der Waals surface area contributed by atoms with Gasteiger partial charge in [0.15, 0.2) is 11.5 Å². The Hall–Kier alpha value is -3.35. The van der Waals surface area contributed by atoms with Crippen molar-refractivity contribution in [3.05, 3.63) is 53.4 Å². The van der Waals surface area contributed by atoms with Crippen LogP contribution in [-0.4, -0.2) is 35.8 Å². The highest BCUT2D eigenvalue weighted by Gasteiger charge is 2.25. The number of anilines is 1. The number of carbonyl (C=O) groups is 1. The molecule has 0 saturated heterocycles. The van der Waals surface area contributed by atoms with E-state index in [1.807, 2.05) is 55.1 Å². The summed E-state index contributed by atoms with van der Waals surface area (Å²) in [6.45, 7) is 7.40. The first-order chi connectivity index (χ1) is 14.6. The zero-order chi connectivity index (χ0) is 21.1. The van der Waals surface area contributed by atoms with Gasteiger partial charge in [0.1, 0.15) is 0 Å². The third-order valence-electron chi connectivity index (χ3n) is 5.03. The van der Waals surface area contributed by atoms with Crippen molar-refractivity contribution in [3.63, 3.8) is 0 Å². The van der Waals surface area contributed by atoms with Gasteiger partial charge in [-0.2, -0.15) is 4.98 Å². The van der Waals surface area contributed by atoms with Crippen molar-refractivity contribution < 1.29 is 18.8 Å². The van der Waals surface area contributed by atoms with Crippen LogP contribution in [0.2, 0.25) is 0 Å². The summed E-state index contributed by atoms with van der Waals surface area (Å²) < 4.78 is 16.4. The van der Waals surface area contributed by atoms with Gasteiger partial charge in [0.25, 0.3) is 0 Å². The Bertz CT molecular complexity index is 1060. The molecule has 2 aromatic carbocycles. The summed E-state index contributed by atoms with van der Waals surface area (Å²) in [5.41, 5.74) is 3.86. The molecular formula is C23H25N3O4. The molecule has 0 N–H and O–H groups in total. The monoisotopic (exact) mass is 407 g/mol. The molecule has 7 heteroatoms. The van der Waals surface area contributed by atoms with Crippen molar-refractivity contribution >= 4 is 11.6 Å². The maximum atomic E-state index is 13.0. The molecule has 156 valence electrons. The molecule has 1 amide bonds. The molecule has 0 unspecified atom stereocenters. The summed E-state index contributed by atoms with van der Waals surface area (Å²) in [6, 6.07) is 11.6. The average Bonchev–Trinajstić information content (AvgIpc) is 3.36. The number of rotatable bonds is 7. The number of nitrogens with zero attached hydrogens (tertiary/aromatic N) is 3. The Balaban J connectivity index is 1.51. The van der Waals surface area contributed by atoms with E-state index in [0.717, 1.165) is 28.8 Å². The van der Waals surface area contributed by atoms with E-state index < -0.39 is 0 Å². The van der Waals surface area contributed by atoms with Crippen LogP contribution in [0.1, 0.15) is 30.9 Å². The van der Waals surface area contributed by atoms with Crippen LogP contribution >= 0.6 is 0 Å². The number of fused-ring (bicyclic) bond motifs is 1. The van der Waals surface area contributed by atoms with E-state index in [0.29, 0.717) is 49.4 Å². The zero-order valence-electron chi connectivity index (χ0n) is 17.5. The van der Waals surface area contributed by atoms with Gasteiger partial charge in [-0.25, -0.2) is 0 Å². The lowest BCUT2D eigenvalue weighted by Gasteiger charge is -2.18. The Morgan fingerprint density at radius 1 is 1.10 bits per heavy atom. The number of hydrogen-bond acceptors (Lipinski definition) is 6. The molecule has 0 fully saturated rings. The van der Waals surface area contributed by atoms with E-state index >= 15 is 0 Å². The molecule has 1 aliphatic heterocycles. The van der Waals surface area contributed by atoms with Crippen LogP contribution < -0.4 is 14.4 Å². The molecule has 7 nitrogen and oxygen atoms in total. The highest BCUT2D eigenvalue weighted by Crippen LogP contribution is 2.33. The van der Waals surface area contributed by atoms with Crippen molar-refractivity contribution in [2.45, 2.75) is 33.6 Å². The van der Waals surface area contributed by atoms with Gasteiger partial charge in [-0.1, -0.05) is 11.2 Å². The first kappa shape index (κ1) is 19.9. The third kappa shape index (κ3) is 4.01. The molecule has 1 aromatic heterocycles. The van der Waals surface area contributed by atoms with Gasteiger partial charge < -0.3 is 18.9 Å². The van der Waals surface area contributed by atoms with Crippen LogP contribution in [0.4, 0.5) is 5.69 Å². The Morgan fingerprint density at radius 2 is 1.90 bits per heavy atom. The summed E-state index contributed by atoms with van der Waals surface area (Å²) in [4.78, 5) is 19.2. The zero-order valence-corrected chi connectivity index (χ0v) is 17.5. The van der Waals surface area contributed by atoms with Crippen molar-refractivity contribution in [1.82, 2.24) is 10.1 Å². The SMILES string of the molecule is CCOc1ccc(CC(=O)N2CCc3cc(-c4noc(C)n4)ccc32)cc1OCC. The minimum atomic E-state index is 0.0588. The van der Waals surface area contributed by atoms with Gasteiger partial charge in [0.2, 0.25) is 17.6 Å². The molecule has 0 radical (unpaired) electrons. The highest BCUT2D eigenvalue weighted by molar-refractivity contribution is 5.97. The van der Waals surface area contributed by atoms with Gasteiger partial charge in [0.05, 0.1) is 19.6 Å². The Morgan fingerprint density at radius 3 is 2.63 bits per heavy atom. The number of carbonyl (C=O) groups excluding carboxylic acids is 1. The molecule has 0 saturated carbocycles. The fraction of sp³-hybridized carbons (Fsp3) is 0.348. The Kier molecular flexibility index (Phi) is 5.70. The van der Waals surface area contributed by atoms with Crippen molar-refractivity contribution in [3.8, 4) is 22.9 Å². The van der Waals surface area contributed by atoms with Crippen LogP contribution in [0, 0.1) is 6.92 Å². The predicted octanol–water partition coefficient (Wildman–Crippen LogP) is 3.97. The first-order valence-electron chi connectivity index (χ1n) is 10.2. The topological polar surface area (TPSA) is 77.7 Å². The maximum Gasteiger partial charge on any atom is 0.231 e. The third-order valence-corrected chi connectivity index (χ3v) is 5.03. The molecule has 1 aliphatic rings. The molecule has 0 spiro atoms. The van der Waals surface area contributed by atoms with Crippen LogP contribution in [0.25, 0.3) is 11.4 Å². The largest absolute Gasteiger partial charge is 0.490 e. The van der Waals surface area contributed by atoms with E-state index in [1.165, 1.54) is 0 Å². The van der Waals surface area contributed by atoms with Gasteiger partial charge in [-0.15, -0.1) is 0 Å². The number of aryl methyl sites for hydroxylation is 1. The fourth-order valence-electron chi connectivity index (χ4n) is 3.69. The normalized spacial score (nSPS) is 12.7. The summed E-state index contributed by atoms with van der Waals surface area (Å²) in [5, 5.41) is 3.98. The predicted molar refractivity (Wildman–Crippen MR) is 113 cm³/mol. The number of amides is 1. The fourth-order valence-corrected chi connectivity index (χ4v) is 3.69.